The van der Waals surface area contributed by atoms with E-state index in [1.54, 1.807) is 0 Å². The van der Waals surface area contributed by atoms with Crippen molar-refractivity contribution in [3.63, 3.8) is 0 Å². The molecule has 1 fully saturated rings. The molecule has 3 atom stereocenters. The van der Waals surface area contributed by atoms with Crippen LogP contribution in [0, 0.1) is 6.92 Å². The second kappa shape index (κ2) is 4.85. The molecule has 0 radical (unpaired) electrons. The first-order chi connectivity index (χ1) is 7.66. The van der Waals surface area contributed by atoms with Gasteiger partial charge in [0.05, 0.1) is 0 Å². The highest BCUT2D eigenvalue weighted by Gasteiger charge is 2.30. The third-order valence-electron chi connectivity index (χ3n) is 2.96. The molecule has 0 saturated carbocycles. The third-order valence-corrected chi connectivity index (χ3v) is 2.96. The van der Waals surface area contributed by atoms with Crippen molar-refractivity contribution < 1.29 is 9.84 Å². The summed E-state index contributed by atoms with van der Waals surface area (Å²) in [5, 5.41) is 9.76. The molecule has 2 rings (SSSR count). The maximum absolute atomic E-state index is 9.76. The number of aryl methyl sites for hydroxylation is 1. The van der Waals surface area contributed by atoms with Crippen LogP contribution in [0.4, 0.5) is 0 Å². The molecule has 1 heterocycles. The van der Waals surface area contributed by atoms with Crippen molar-refractivity contribution >= 4 is 0 Å². The number of rotatable bonds is 5. The number of aliphatic hydroxyl groups excluding tert-OH is 1. The lowest BCUT2D eigenvalue weighted by Gasteiger charge is -2.14. The smallest absolute Gasteiger partial charge is 0.122 e. The van der Waals surface area contributed by atoms with Crippen LogP contribution in [-0.4, -0.2) is 41.8 Å². The fourth-order valence-corrected chi connectivity index (χ4v) is 1.77. The van der Waals surface area contributed by atoms with Gasteiger partial charge in [-0.2, -0.15) is 0 Å². The summed E-state index contributed by atoms with van der Waals surface area (Å²) in [7, 11) is 0. The summed E-state index contributed by atoms with van der Waals surface area (Å²) in [4.78, 5) is 2.23. The SMILES string of the molecule is Cc1ccccc1OCC(O)CN1CC1C. The van der Waals surface area contributed by atoms with Crippen molar-refractivity contribution in [1.29, 1.82) is 0 Å². The van der Waals surface area contributed by atoms with E-state index in [0.29, 0.717) is 19.2 Å². The Hall–Kier alpha value is -1.06. The lowest BCUT2D eigenvalue weighted by molar-refractivity contribution is 0.0922. The van der Waals surface area contributed by atoms with Gasteiger partial charge >= 0.3 is 0 Å². The van der Waals surface area contributed by atoms with Crippen LogP contribution in [0.5, 0.6) is 5.75 Å². The summed E-state index contributed by atoms with van der Waals surface area (Å²) in [6, 6.07) is 8.50. The van der Waals surface area contributed by atoms with Gasteiger partial charge in [-0.25, -0.2) is 0 Å². The number of aliphatic hydroxyl groups is 1. The molecule has 1 aliphatic rings. The van der Waals surface area contributed by atoms with E-state index in [1.165, 1.54) is 0 Å². The molecule has 0 bridgehead atoms. The molecule has 16 heavy (non-hydrogen) atoms. The molecule has 0 spiro atoms. The summed E-state index contributed by atoms with van der Waals surface area (Å²) in [5.41, 5.74) is 1.11. The van der Waals surface area contributed by atoms with Crippen molar-refractivity contribution in [2.75, 3.05) is 19.7 Å². The first-order valence-corrected chi connectivity index (χ1v) is 5.77. The van der Waals surface area contributed by atoms with E-state index in [1.807, 2.05) is 31.2 Å². The zero-order valence-corrected chi connectivity index (χ0v) is 9.89. The first-order valence-electron chi connectivity index (χ1n) is 5.77. The number of nitrogens with zero attached hydrogens (tertiary/aromatic N) is 1. The molecule has 88 valence electrons. The van der Waals surface area contributed by atoms with Crippen LogP contribution >= 0.6 is 0 Å². The van der Waals surface area contributed by atoms with E-state index >= 15 is 0 Å². The molecular formula is C13H19NO2. The first kappa shape index (κ1) is 11.4. The molecule has 1 aromatic rings. The normalized spacial score (nSPS) is 25.2. The van der Waals surface area contributed by atoms with Gasteiger partial charge < -0.3 is 9.84 Å². The Morgan fingerprint density at radius 2 is 2.19 bits per heavy atom. The molecule has 1 saturated heterocycles. The predicted molar refractivity (Wildman–Crippen MR) is 63.7 cm³/mol. The minimum Gasteiger partial charge on any atom is -0.491 e. The highest BCUT2D eigenvalue weighted by atomic mass is 16.5. The molecule has 1 aromatic carbocycles. The van der Waals surface area contributed by atoms with Crippen molar-refractivity contribution in [2.45, 2.75) is 26.0 Å². The Kier molecular flexibility index (Phi) is 3.46. The van der Waals surface area contributed by atoms with Crippen LogP contribution in [-0.2, 0) is 0 Å². The van der Waals surface area contributed by atoms with Crippen molar-refractivity contribution in [3.05, 3.63) is 29.8 Å². The molecule has 3 nitrogen and oxygen atoms in total. The van der Waals surface area contributed by atoms with E-state index < -0.39 is 6.10 Å². The van der Waals surface area contributed by atoms with Crippen molar-refractivity contribution in [3.8, 4) is 5.75 Å². The maximum atomic E-state index is 9.76. The molecule has 3 heteroatoms. The quantitative estimate of drug-likeness (QED) is 0.764. The zero-order chi connectivity index (χ0) is 11.5. The Morgan fingerprint density at radius 1 is 1.50 bits per heavy atom. The van der Waals surface area contributed by atoms with Crippen LogP contribution in [0.25, 0.3) is 0 Å². The Bertz CT molecular complexity index is 354. The third kappa shape index (κ3) is 2.97. The summed E-state index contributed by atoms with van der Waals surface area (Å²) in [6.45, 7) is 6.35. The van der Waals surface area contributed by atoms with Gasteiger partial charge in [0, 0.05) is 19.1 Å². The van der Waals surface area contributed by atoms with E-state index in [9.17, 15) is 5.11 Å². The monoisotopic (exact) mass is 221 g/mol. The van der Waals surface area contributed by atoms with Gasteiger partial charge in [0.1, 0.15) is 18.5 Å². The Labute approximate surface area is 96.6 Å². The van der Waals surface area contributed by atoms with Crippen LogP contribution in [0.3, 0.4) is 0 Å². The number of hydrogen-bond donors (Lipinski definition) is 1. The summed E-state index contributed by atoms with van der Waals surface area (Å²) in [6.07, 6.45) is -0.399. The summed E-state index contributed by atoms with van der Waals surface area (Å²) < 4.78 is 5.59. The van der Waals surface area contributed by atoms with Gasteiger partial charge in [-0.1, -0.05) is 18.2 Å². The fraction of sp³-hybridized carbons (Fsp3) is 0.538. The standard InChI is InChI=1S/C13H19NO2/c1-10-5-3-4-6-13(10)16-9-12(15)8-14-7-11(14)2/h3-6,11-12,15H,7-9H2,1-2H3. The average Bonchev–Trinajstić information content (AvgIpc) is 2.93. The second-order valence-electron chi connectivity index (χ2n) is 4.53. The number of hydrogen-bond acceptors (Lipinski definition) is 3. The predicted octanol–water partition coefficient (Wildman–Crippen LogP) is 1.44. The van der Waals surface area contributed by atoms with Crippen LogP contribution < -0.4 is 4.74 Å². The molecule has 0 aromatic heterocycles. The number of para-hydroxylation sites is 1. The topological polar surface area (TPSA) is 32.5 Å². The van der Waals surface area contributed by atoms with E-state index in [-0.39, 0.29) is 0 Å². The highest BCUT2D eigenvalue weighted by molar-refractivity contribution is 5.31. The molecule has 3 unspecified atom stereocenters. The fourth-order valence-electron chi connectivity index (χ4n) is 1.77. The lowest BCUT2D eigenvalue weighted by Crippen LogP contribution is -2.26. The number of β-amino-alcohol motifs (C(OH)–C–C–N with tert-alkyl or cyclic N) is 1. The minimum atomic E-state index is -0.399. The number of benzene rings is 1. The van der Waals surface area contributed by atoms with E-state index in [4.69, 9.17) is 4.74 Å². The second-order valence-corrected chi connectivity index (χ2v) is 4.53. The van der Waals surface area contributed by atoms with Crippen LogP contribution in [0.2, 0.25) is 0 Å². The summed E-state index contributed by atoms with van der Waals surface area (Å²) >= 11 is 0. The number of ether oxygens (including phenoxy) is 1. The van der Waals surface area contributed by atoms with E-state index in [0.717, 1.165) is 17.9 Å². The molecule has 0 aliphatic carbocycles. The molecular weight excluding hydrogens is 202 g/mol. The summed E-state index contributed by atoms with van der Waals surface area (Å²) in [5.74, 6) is 0.861. The van der Waals surface area contributed by atoms with Crippen LogP contribution in [0.1, 0.15) is 12.5 Å². The van der Waals surface area contributed by atoms with Gasteiger partial charge in [0.2, 0.25) is 0 Å². The average molecular weight is 221 g/mol. The van der Waals surface area contributed by atoms with Gasteiger partial charge in [-0.15, -0.1) is 0 Å². The molecule has 1 N–H and O–H groups in total. The van der Waals surface area contributed by atoms with Gasteiger partial charge in [-0.05, 0) is 25.5 Å². The van der Waals surface area contributed by atoms with Crippen molar-refractivity contribution in [2.24, 2.45) is 0 Å². The van der Waals surface area contributed by atoms with Gasteiger partial charge in [0.15, 0.2) is 0 Å². The minimum absolute atomic E-state index is 0.369. The van der Waals surface area contributed by atoms with Gasteiger partial charge in [-0.3, -0.25) is 4.90 Å². The maximum Gasteiger partial charge on any atom is 0.122 e. The largest absolute Gasteiger partial charge is 0.491 e. The highest BCUT2D eigenvalue weighted by Crippen LogP contribution is 2.18. The Morgan fingerprint density at radius 3 is 2.81 bits per heavy atom. The Balaban J connectivity index is 1.76. The zero-order valence-electron chi connectivity index (χ0n) is 9.89. The molecule has 0 amide bonds. The van der Waals surface area contributed by atoms with Crippen LogP contribution in [0.15, 0.2) is 24.3 Å². The molecule has 1 aliphatic heterocycles. The van der Waals surface area contributed by atoms with Crippen molar-refractivity contribution in [1.82, 2.24) is 4.90 Å². The van der Waals surface area contributed by atoms with Gasteiger partial charge in [0.25, 0.3) is 0 Å². The lowest BCUT2D eigenvalue weighted by atomic mass is 10.2. The van der Waals surface area contributed by atoms with E-state index in [2.05, 4.69) is 11.8 Å².